The normalized spacial score (nSPS) is 53.7. The highest BCUT2D eigenvalue weighted by atomic mass is 19.1. The van der Waals surface area contributed by atoms with Crippen LogP contribution in [0.2, 0.25) is 0 Å². The van der Waals surface area contributed by atoms with Gasteiger partial charge in [-0.1, -0.05) is 19.9 Å². The number of ketones is 2. The Morgan fingerprint density at radius 2 is 1.93 bits per heavy atom. The van der Waals surface area contributed by atoms with Crippen LogP contribution >= 0.6 is 0 Å². The molecule has 29 heavy (non-hydrogen) atoms. The van der Waals surface area contributed by atoms with E-state index in [0.29, 0.717) is 0 Å². The molecule has 0 aromatic heterocycles. The van der Waals surface area contributed by atoms with Crippen molar-refractivity contribution < 1.29 is 33.7 Å². The molecule has 5 nitrogen and oxygen atoms in total. The van der Waals surface area contributed by atoms with Crippen molar-refractivity contribution in [2.45, 2.75) is 63.6 Å². The summed E-state index contributed by atoms with van der Waals surface area (Å²) in [5.41, 5.74) is -6.81. The second-order valence-electron chi connectivity index (χ2n) is 9.84. The number of hydrogen-bond acceptors (Lipinski definition) is 5. The standard InChI is InChI=1S/C22H28F2O5/c1-11-6-13-14-8-16(23)15-7-12(26)4-5-19(15,2)21(14,24)17(27)9-20(13,3)22(11,29)18(28)10-25/h4-5,7,11,13-14,16-17,25,27,29H,6,8-10H2,1-3H3/t11?,13-,14-,16?,17?,19-,20-,21+,22-/m0/s1. The molecule has 3 fully saturated rings. The Bertz CT molecular complexity index is 839. The summed E-state index contributed by atoms with van der Waals surface area (Å²) >= 11 is 0. The van der Waals surface area contributed by atoms with Crippen LogP contribution in [0.3, 0.4) is 0 Å². The van der Waals surface area contributed by atoms with Crippen LogP contribution in [-0.2, 0) is 9.59 Å². The molecule has 0 aromatic carbocycles. The summed E-state index contributed by atoms with van der Waals surface area (Å²) in [7, 11) is 0. The maximum absolute atomic E-state index is 16.9. The van der Waals surface area contributed by atoms with E-state index in [2.05, 4.69) is 0 Å². The van der Waals surface area contributed by atoms with Crippen molar-refractivity contribution in [3.63, 3.8) is 0 Å². The number of hydrogen-bond donors (Lipinski definition) is 3. The number of aliphatic hydroxyl groups excluding tert-OH is 2. The van der Waals surface area contributed by atoms with Crippen LogP contribution in [0.15, 0.2) is 23.8 Å². The summed E-state index contributed by atoms with van der Waals surface area (Å²) in [6, 6.07) is 0. The van der Waals surface area contributed by atoms with Gasteiger partial charge in [0.15, 0.2) is 17.2 Å². The summed E-state index contributed by atoms with van der Waals surface area (Å²) in [6.07, 6.45) is 0.427. The summed E-state index contributed by atoms with van der Waals surface area (Å²) in [4.78, 5) is 24.3. The fourth-order valence-corrected chi connectivity index (χ4v) is 7.25. The lowest BCUT2D eigenvalue weighted by molar-refractivity contribution is -0.223. The zero-order valence-corrected chi connectivity index (χ0v) is 16.9. The molecule has 0 aromatic rings. The maximum atomic E-state index is 16.9. The van der Waals surface area contributed by atoms with Crippen molar-refractivity contribution in [3.8, 4) is 0 Å². The molecule has 0 spiro atoms. The molecule has 7 heteroatoms. The zero-order valence-electron chi connectivity index (χ0n) is 16.9. The number of allylic oxidation sites excluding steroid dienone is 4. The first-order valence-electron chi connectivity index (χ1n) is 10.2. The molecule has 3 saturated carbocycles. The van der Waals surface area contributed by atoms with Gasteiger partial charge in [0, 0.05) is 16.7 Å². The lowest BCUT2D eigenvalue weighted by Crippen LogP contribution is -2.70. The van der Waals surface area contributed by atoms with Crippen molar-refractivity contribution in [1.82, 2.24) is 0 Å². The smallest absolute Gasteiger partial charge is 0.190 e. The highest BCUT2D eigenvalue weighted by Gasteiger charge is 2.76. The molecule has 3 unspecified atom stereocenters. The summed E-state index contributed by atoms with van der Waals surface area (Å²) < 4.78 is 32.1. The largest absolute Gasteiger partial charge is 0.390 e. The highest BCUT2D eigenvalue weighted by Crippen LogP contribution is 2.70. The number of alkyl halides is 2. The molecule has 4 aliphatic rings. The predicted octanol–water partition coefficient (Wildman–Crippen LogP) is 1.84. The Morgan fingerprint density at radius 1 is 1.28 bits per heavy atom. The molecule has 4 rings (SSSR count). The number of aliphatic hydroxyl groups is 3. The molecular weight excluding hydrogens is 382 g/mol. The lowest BCUT2D eigenvalue weighted by atomic mass is 9.44. The van der Waals surface area contributed by atoms with Crippen LogP contribution in [-0.4, -0.2) is 57.0 Å². The van der Waals surface area contributed by atoms with E-state index in [-0.39, 0.29) is 24.8 Å². The topological polar surface area (TPSA) is 94.8 Å². The first-order chi connectivity index (χ1) is 13.4. The second-order valence-corrected chi connectivity index (χ2v) is 9.84. The number of Topliss-reactive ketones (excluding diaryl/α,β-unsaturated/α-hetero) is 1. The Kier molecular flexibility index (Phi) is 4.34. The molecular formula is C22H28F2O5. The van der Waals surface area contributed by atoms with Gasteiger partial charge in [0.2, 0.25) is 0 Å². The van der Waals surface area contributed by atoms with E-state index < -0.39 is 70.3 Å². The molecule has 160 valence electrons. The molecule has 0 saturated heterocycles. The molecule has 4 aliphatic carbocycles. The van der Waals surface area contributed by atoms with Crippen molar-refractivity contribution in [2.24, 2.45) is 28.6 Å². The molecule has 0 radical (unpaired) electrons. The molecule has 0 aliphatic heterocycles. The number of carbonyl (C=O) groups is 2. The average molecular weight is 410 g/mol. The van der Waals surface area contributed by atoms with Gasteiger partial charge in [0.1, 0.15) is 18.4 Å². The minimum absolute atomic E-state index is 0.0409. The van der Waals surface area contributed by atoms with E-state index in [0.717, 1.165) is 6.08 Å². The van der Waals surface area contributed by atoms with Gasteiger partial charge in [-0.25, -0.2) is 8.78 Å². The van der Waals surface area contributed by atoms with Gasteiger partial charge in [-0.05, 0) is 55.7 Å². The van der Waals surface area contributed by atoms with Gasteiger partial charge < -0.3 is 15.3 Å². The first-order valence-corrected chi connectivity index (χ1v) is 10.2. The summed E-state index contributed by atoms with van der Waals surface area (Å²) in [5, 5.41) is 31.9. The minimum atomic E-state index is -2.24. The Hall–Kier alpha value is -1.44. The third-order valence-corrected chi connectivity index (χ3v) is 8.78. The minimum Gasteiger partial charge on any atom is -0.390 e. The SMILES string of the molecule is CC1C[C@H]2[C@@H]3CC(F)C4=CC(=O)C=C[C@]4(C)[C@]3(F)C(O)C[C@]2(C)[C@@]1(O)C(=O)CO. The summed E-state index contributed by atoms with van der Waals surface area (Å²) in [5.74, 6) is -3.24. The Labute approximate surface area is 168 Å². The Morgan fingerprint density at radius 3 is 2.55 bits per heavy atom. The van der Waals surface area contributed by atoms with Gasteiger partial charge in [-0.15, -0.1) is 0 Å². The molecule has 0 heterocycles. The van der Waals surface area contributed by atoms with Gasteiger partial charge in [-0.2, -0.15) is 0 Å². The van der Waals surface area contributed by atoms with E-state index in [1.165, 1.54) is 19.1 Å². The molecule has 9 atom stereocenters. The van der Waals surface area contributed by atoms with Crippen LogP contribution < -0.4 is 0 Å². The van der Waals surface area contributed by atoms with Crippen LogP contribution in [0.5, 0.6) is 0 Å². The van der Waals surface area contributed by atoms with Crippen molar-refractivity contribution in [3.05, 3.63) is 23.8 Å². The number of carbonyl (C=O) groups excluding carboxylic acids is 2. The molecule has 0 bridgehead atoms. The van der Waals surface area contributed by atoms with E-state index in [4.69, 9.17) is 0 Å². The van der Waals surface area contributed by atoms with Gasteiger partial charge in [0.05, 0.1) is 6.10 Å². The summed E-state index contributed by atoms with van der Waals surface area (Å²) in [6.45, 7) is 3.96. The zero-order chi connectivity index (χ0) is 21.6. The van der Waals surface area contributed by atoms with E-state index >= 15 is 8.78 Å². The van der Waals surface area contributed by atoms with Gasteiger partial charge >= 0.3 is 0 Å². The third kappa shape index (κ3) is 2.19. The number of fused-ring (bicyclic) bond motifs is 5. The van der Waals surface area contributed by atoms with Crippen LogP contribution in [0.1, 0.15) is 40.0 Å². The van der Waals surface area contributed by atoms with Crippen LogP contribution in [0.4, 0.5) is 8.78 Å². The lowest BCUT2D eigenvalue weighted by Gasteiger charge is -2.63. The average Bonchev–Trinajstić information content (AvgIpc) is 2.86. The molecule has 0 amide bonds. The van der Waals surface area contributed by atoms with E-state index in [9.17, 15) is 24.9 Å². The van der Waals surface area contributed by atoms with Crippen molar-refractivity contribution in [2.75, 3.05) is 6.61 Å². The van der Waals surface area contributed by atoms with E-state index in [1.807, 2.05) is 0 Å². The van der Waals surface area contributed by atoms with Crippen LogP contribution in [0.25, 0.3) is 0 Å². The van der Waals surface area contributed by atoms with Gasteiger partial charge in [-0.3, -0.25) is 9.59 Å². The third-order valence-electron chi connectivity index (χ3n) is 8.78. The number of rotatable bonds is 2. The van der Waals surface area contributed by atoms with Gasteiger partial charge in [0.25, 0.3) is 0 Å². The fraction of sp³-hybridized carbons (Fsp3) is 0.727. The quantitative estimate of drug-likeness (QED) is 0.646. The highest BCUT2D eigenvalue weighted by molar-refractivity contribution is 6.01. The van der Waals surface area contributed by atoms with Crippen molar-refractivity contribution in [1.29, 1.82) is 0 Å². The number of halogens is 2. The maximum Gasteiger partial charge on any atom is 0.190 e. The fourth-order valence-electron chi connectivity index (χ4n) is 7.25. The second kappa shape index (κ2) is 6.05. The van der Waals surface area contributed by atoms with Crippen LogP contribution in [0, 0.1) is 28.6 Å². The Balaban J connectivity index is 1.87. The predicted molar refractivity (Wildman–Crippen MR) is 100 cm³/mol. The van der Waals surface area contributed by atoms with Crippen molar-refractivity contribution >= 4 is 11.6 Å². The monoisotopic (exact) mass is 410 g/mol. The van der Waals surface area contributed by atoms with E-state index in [1.54, 1.807) is 13.8 Å². The first kappa shape index (κ1) is 20.8. The molecule has 3 N–H and O–H groups in total.